The standard InChI is InChI=1S/C23H19ClN4O/c24-21-12-5-4-10-18(21)15-28-16-20(22(27-28)17-8-2-1-3-9-17)23(29)26-14-19-11-6-7-13-25-19/h1-13,16H,14-15H2,(H,26,29). The first-order chi connectivity index (χ1) is 14.2. The summed E-state index contributed by atoms with van der Waals surface area (Å²) in [7, 11) is 0. The zero-order valence-electron chi connectivity index (χ0n) is 15.6. The second-order valence-electron chi connectivity index (χ2n) is 6.55. The van der Waals surface area contributed by atoms with Crippen LogP contribution in [0.3, 0.4) is 0 Å². The average Bonchev–Trinajstić information content (AvgIpc) is 3.19. The molecule has 2 aromatic carbocycles. The van der Waals surface area contributed by atoms with E-state index in [0.29, 0.717) is 29.4 Å². The minimum absolute atomic E-state index is 0.195. The molecule has 0 aliphatic heterocycles. The lowest BCUT2D eigenvalue weighted by Gasteiger charge is -2.05. The zero-order chi connectivity index (χ0) is 20.1. The van der Waals surface area contributed by atoms with Gasteiger partial charge in [-0.05, 0) is 23.8 Å². The SMILES string of the molecule is O=C(NCc1ccccn1)c1cn(Cc2ccccc2Cl)nc1-c1ccccc1. The first-order valence-corrected chi connectivity index (χ1v) is 9.63. The molecule has 29 heavy (non-hydrogen) atoms. The van der Waals surface area contributed by atoms with E-state index < -0.39 is 0 Å². The van der Waals surface area contributed by atoms with E-state index in [1.807, 2.05) is 72.8 Å². The Kier molecular flexibility index (Phi) is 5.68. The van der Waals surface area contributed by atoms with Gasteiger partial charge in [-0.15, -0.1) is 0 Å². The van der Waals surface area contributed by atoms with Crippen molar-refractivity contribution in [2.75, 3.05) is 0 Å². The number of nitrogens with zero attached hydrogens (tertiary/aromatic N) is 3. The van der Waals surface area contributed by atoms with Crippen LogP contribution in [0.1, 0.15) is 21.6 Å². The van der Waals surface area contributed by atoms with Gasteiger partial charge in [0.1, 0.15) is 5.69 Å². The monoisotopic (exact) mass is 402 g/mol. The van der Waals surface area contributed by atoms with Gasteiger partial charge in [-0.1, -0.05) is 66.2 Å². The molecule has 2 aromatic heterocycles. The molecule has 144 valence electrons. The van der Waals surface area contributed by atoms with Gasteiger partial charge in [0.05, 0.1) is 24.3 Å². The van der Waals surface area contributed by atoms with Crippen molar-refractivity contribution in [3.05, 3.63) is 107 Å². The summed E-state index contributed by atoms with van der Waals surface area (Å²) >= 11 is 6.29. The molecule has 0 radical (unpaired) electrons. The number of hydrogen-bond acceptors (Lipinski definition) is 3. The van der Waals surface area contributed by atoms with E-state index in [4.69, 9.17) is 11.6 Å². The molecule has 5 nitrogen and oxygen atoms in total. The Morgan fingerprint density at radius 1 is 0.966 bits per heavy atom. The first kappa shape index (κ1) is 18.9. The fourth-order valence-electron chi connectivity index (χ4n) is 3.05. The Hall–Kier alpha value is -3.44. The molecule has 2 heterocycles. The maximum Gasteiger partial charge on any atom is 0.255 e. The van der Waals surface area contributed by atoms with E-state index in [1.54, 1.807) is 17.1 Å². The van der Waals surface area contributed by atoms with Gasteiger partial charge >= 0.3 is 0 Å². The number of pyridine rings is 1. The molecule has 4 rings (SSSR count). The van der Waals surface area contributed by atoms with Crippen molar-refractivity contribution < 1.29 is 4.79 Å². The summed E-state index contributed by atoms with van der Waals surface area (Å²) in [5, 5.41) is 8.28. The second kappa shape index (κ2) is 8.71. The Morgan fingerprint density at radius 2 is 1.72 bits per heavy atom. The minimum atomic E-state index is -0.195. The number of amides is 1. The van der Waals surface area contributed by atoms with Gasteiger partial charge in [-0.2, -0.15) is 5.10 Å². The summed E-state index contributed by atoms with van der Waals surface area (Å²) in [6, 6.07) is 22.9. The van der Waals surface area contributed by atoms with Crippen LogP contribution in [-0.4, -0.2) is 20.7 Å². The Bertz CT molecular complexity index is 1110. The second-order valence-corrected chi connectivity index (χ2v) is 6.96. The number of nitrogens with one attached hydrogen (secondary N) is 1. The van der Waals surface area contributed by atoms with Crippen LogP contribution in [0, 0.1) is 0 Å². The highest BCUT2D eigenvalue weighted by Gasteiger charge is 2.18. The highest BCUT2D eigenvalue weighted by Crippen LogP contribution is 2.23. The van der Waals surface area contributed by atoms with Crippen molar-refractivity contribution in [3.8, 4) is 11.3 Å². The molecule has 1 N–H and O–H groups in total. The summed E-state index contributed by atoms with van der Waals surface area (Å²) in [5.41, 5.74) is 3.77. The fraction of sp³-hybridized carbons (Fsp3) is 0.0870. The smallest absolute Gasteiger partial charge is 0.255 e. The van der Waals surface area contributed by atoms with Crippen molar-refractivity contribution >= 4 is 17.5 Å². The maximum absolute atomic E-state index is 12.9. The van der Waals surface area contributed by atoms with Crippen molar-refractivity contribution in [1.29, 1.82) is 0 Å². The lowest BCUT2D eigenvalue weighted by Crippen LogP contribution is -2.23. The van der Waals surface area contributed by atoms with Crippen molar-refractivity contribution in [2.45, 2.75) is 13.1 Å². The highest BCUT2D eigenvalue weighted by atomic mass is 35.5. The Balaban J connectivity index is 1.63. The van der Waals surface area contributed by atoms with Crippen LogP contribution in [0.15, 0.2) is 85.2 Å². The molecule has 6 heteroatoms. The Labute approximate surface area is 174 Å². The molecule has 0 fully saturated rings. The predicted octanol–water partition coefficient (Wildman–Crippen LogP) is 4.58. The minimum Gasteiger partial charge on any atom is -0.346 e. The van der Waals surface area contributed by atoms with E-state index in [0.717, 1.165) is 16.8 Å². The van der Waals surface area contributed by atoms with Gasteiger partial charge in [0.15, 0.2) is 0 Å². The molecule has 0 bridgehead atoms. The molecular weight excluding hydrogens is 384 g/mol. The first-order valence-electron chi connectivity index (χ1n) is 9.25. The molecular formula is C23H19ClN4O. The summed E-state index contributed by atoms with van der Waals surface area (Å²) in [4.78, 5) is 17.2. The van der Waals surface area contributed by atoms with Gasteiger partial charge in [-0.3, -0.25) is 14.5 Å². The molecule has 0 spiro atoms. The lowest BCUT2D eigenvalue weighted by molar-refractivity contribution is 0.0951. The van der Waals surface area contributed by atoms with E-state index in [-0.39, 0.29) is 5.91 Å². The van der Waals surface area contributed by atoms with Crippen LogP contribution in [0.5, 0.6) is 0 Å². The largest absolute Gasteiger partial charge is 0.346 e. The molecule has 0 atom stereocenters. The summed E-state index contributed by atoms with van der Waals surface area (Å²) in [6.07, 6.45) is 3.47. The summed E-state index contributed by atoms with van der Waals surface area (Å²) in [5.74, 6) is -0.195. The number of rotatable bonds is 6. The van der Waals surface area contributed by atoms with Crippen LogP contribution >= 0.6 is 11.6 Å². The van der Waals surface area contributed by atoms with Gasteiger partial charge in [-0.25, -0.2) is 0 Å². The number of benzene rings is 2. The highest BCUT2D eigenvalue weighted by molar-refractivity contribution is 6.31. The molecule has 0 unspecified atom stereocenters. The van der Waals surface area contributed by atoms with Crippen molar-refractivity contribution in [1.82, 2.24) is 20.1 Å². The fourth-order valence-corrected chi connectivity index (χ4v) is 3.24. The molecule has 0 aliphatic rings. The number of hydrogen-bond donors (Lipinski definition) is 1. The quantitative estimate of drug-likeness (QED) is 0.513. The lowest BCUT2D eigenvalue weighted by atomic mass is 10.1. The molecule has 0 saturated carbocycles. The van der Waals surface area contributed by atoms with E-state index in [9.17, 15) is 4.79 Å². The van der Waals surface area contributed by atoms with E-state index in [1.165, 1.54) is 0 Å². The topological polar surface area (TPSA) is 59.8 Å². The van der Waals surface area contributed by atoms with Crippen molar-refractivity contribution in [2.24, 2.45) is 0 Å². The van der Waals surface area contributed by atoms with Crippen LogP contribution in [0.4, 0.5) is 0 Å². The number of carbonyl (C=O) groups excluding carboxylic acids is 1. The number of halogens is 1. The molecule has 0 aliphatic carbocycles. The zero-order valence-corrected chi connectivity index (χ0v) is 16.4. The van der Waals surface area contributed by atoms with Crippen LogP contribution in [-0.2, 0) is 13.1 Å². The summed E-state index contributed by atoms with van der Waals surface area (Å²) in [6.45, 7) is 0.830. The molecule has 0 saturated heterocycles. The Morgan fingerprint density at radius 3 is 2.48 bits per heavy atom. The van der Waals surface area contributed by atoms with Gasteiger partial charge in [0.25, 0.3) is 5.91 Å². The van der Waals surface area contributed by atoms with Gasteiger partial charge in [0.2, 0.25) is 0 Å². The van der Waals surface area contributed by atoms with Gasteiger partial charge < -0.3 is 5.32 Å². The molecule has 4 aromatic rings. The third-order valence-electron chi connectivity index (χ3n) is 4.50. The number of carbonyl (C=O) groups is 1. The molecule has 1 amide bonds. The third kappa shape index (κ3) is 4.52. The van der Waals surface area contributed by atoms with Crippen LogP contribution < -0.4 is 5.32 Å². The van der Waals surface area contributed by atoms with Crippen LogP contribution in [0.2, 0.25) is 5.02 Å². The number of aromatic nitrogens is 3. The summed E-state index contributed by atoms with van der Waals surface area (Å²) < 4.78 is 1.75. The normalized spacial score (nSPS) is 10.7. The van der Waals surface area contributed by atoms with Crippen LogP contribution in [0.25, 0.3) is 11.3 Å². The predicted molar refractivity (Wildman–Crippen MR) is 114 cm³/mol. The maximum atomic E-state index is 12.9. The third-order valence-corrected chi connectivity index (χ3v) is 4.87. The van der Waals surface area contributed by atoms with Gasteiger partial charge in [0, 0.05) is 23.0 Å². The van der Waals surface area contributed by atoms with E-state index in [2.05, 4.69) is 15.4 Å². The average molecular weight is 403 g/mol. The van der Waals surface area contributed by atoms with E-state index >= 15 is 0 Å². The van der Waals surface area contributed by atoms with Crippen molar-refractivity contribution in [3.63, 3.8) is 0 Å².